The van der Waals surface area contributed by atoms with Crippen LogP contribution in [0.2, 0.25) is 5.02 Å². The summed E-state index contributed by atoms with van der Waals surface area (Å²) in [5.74, 6) is 0.513. The molecular formula is C50H58ClN9O9S. The van der Waals surface area contributed by atoms with E-state index in [1.165, 1.54) is 20.8 Å². The van der Waals surface area contributed by atoms with E-state index in [0.29, 0.717) is 71.3 Å². The number of carbonyl (C=O) groups excluding carboxylic acids is 3. The van der Waals surface area contributed by atoms with Gasteiger partial charge in [0.25, 0.3) is 5.56 Å². The number of benzene rings is 2. The van der Waals surface area contributed by atoms with E-state index in [-0.39, 0.29) is 73.7 Å². The minimum Gasteiger partial charge on any atom is -0.491 e. The first-order valence-electron chi connectivity index (χ1n) is 23.5. The van der Waals surface area contributed by atoms with Crippen LogP contribution in [-0.2, 0) is 32.7 Å². The molecular weight excluding hydrogens is 938 g/mol. The van der Waals surface area contributed by atoms with Crippen molar-refractivity contribution in [3.8, 4) is 21.9 Å². The topological polar surface area (TPSA) is 216 Å². The molecule has 70 heavy (non-hydrogen) atoms. The molecule has 2 aromatic carbocycles. The molecule has 0 saturated carbocycles. The summed E-state index contributed by atoms with van der Waals surface area (Å²) in [7, 11) is 1.66. The van der Waals surface area contributed by atoms with Crippen LogP contribution in [0.25, 0.3) is 21.3 Å². The molecule has 18 nitrogen and oxygen atoms in total. The second kappa shape index (κ2) is 22.1. The maximum absolute atomic E-state index is 13.9. The van der Waals surface area contributed by atoms with Crippen molar-refractivity contribution in [3.63, 3.8) is 0 Å². The van der Waals surface area contributed by atoms with Gasteiger partial charge in [0.05, 0.1) is 52.3 Å². The van der Waals surface area contributed by atoms with Crippen LogP contribution in [0.1, 0.15) is 75.1 Å². The Morgan fingerprint density at radius 3 is 2.53 bits per heavy atom. The molecule has 4 aromatic heterocycles. The van der Waals surface area contributed by atoms with Crippen LogP contribution in [-0.4, -0.2) is 110 Å². The van der Waals surface area contributed by atoms with Crippen LogP contribution in [0, 0.1) is 19.8 Å². The third kappa shape index (κ3) is 11.4. The fourth-order valence-corrected chi connectivity index (χ4v) is 9.76. The third-order valence-corrected chi connectivity index (χ3v) is 13.9. The molecule has 2 saturated heterocycles. The van der Waals surface area contributed by atoms with E-state index in [0.717, 1.165) is 39.9 Å². The number of β-amino-alcohol motifs (C(OH)–C–C–N with tert-alkyl or cyclic N) is 1. The van der Waals surface area contributed by atoms with Gasteiger partial charge in [-0.25, -0.2) is 9.97 Å². The lowest BCUT2D eigenvalue weighted by Crippen LogP contribution is -2.48. The van der Waals surface area contributed by atoms with Crippen LogP contribution in [0.5, 0.6) is 11.5 Å². The number of aliphatic hydroxyl groups is 1. The van der Waals surface area contributed by atoms with Gasteiger partial charge in [0.2, 0.25) is 17.8 Å². The molecule has 0 bridgehead atoms. The number of ketones is 1. The number of aryl methyl sites for hydroxylation is 3. The van der Waals surface area contributed by atoms with Gasteiger partial charge in [0.15, 0.2) is 17.4 Å². The van der Waals surface area contributed by atoms with Crippen LogP contribution >= 0.6 is 22.9 Å². The van der Waals surface area contributed by atoms with E-state index in [2.05, 4.69) is 30.7 Å². The zero-order chi connectivity index (χ0) is 49.6. The monoisotopic (exact) mass is 995 g/mol. The second-order valence-electron chi connectivity index (χ2n) is 18.0. The summed E-state index contributed by atoms with van der Waals surface area (Å²) in [6.45, 7) is 11.2. The summed E-state index contributed by atoms with van der Waals surface area (Å²) in [4.78, 5) is 70.8. The van der Waals surface area contributed by atoms with E-state index in [1.54, 1.807) is 44.7 Å². The number of nitrogens with one attached hydrogen (secondary N) is 2. The van der Waals surface area contributed by atoms with E-state index in [1.807, 2.05) is 57.2 Å². The Morgan fingerprint density at radius 1 is 1.01 bits per heavy atom. The van der Waals surface area contributed by atoms with E-state index in [4.69, 9.17) is 35.3 Å². The number of piperidine rings is 1. The highest BCUT2D eigenvalue weighted by atomic mass is 35.5. The number of anilines is 3. The number of hydrogen-bond acceptors (Lipinski definition) is 16. The summed E-state index contributed by atoms with van der Waals surface area (Å²) >= 11 is 8.12. The number of Topliss-reactive ketones (excluding diaryl/α,β-unsaturated/α-hetero) is 1. The highest BCUT2D eigenvalue weighted by molar-refractivity contribution is 7.13. The van der Waals surface area contributed by atoms with Gasteiger partial charge < -0.3 is 48.8 Å². The van der Waals surface area contributed by atoms with Gasteiger partial charge in [-0.15, -0.1) is 11.3 Å². The highest BCUT2D eigenvalue weighted by Crippen LogP contribution is 2.34. The Balaban J connectivity index is 0.865. The molecule has 3 atom stereocenters. The van der Waals surface area contributed by atoms with Crippen molar-refractivity contribution < 1.29 is 38.2 Å². The average Bonchev–Trinajstić information content (AvgIpc) is 4.10. The van der Waals surface area contributed by atoms with Crippen molar-refractivity contribution in [2.24, 2.45) is 13.0 Å². The molecule has 0 radical (unpaired) electrons. The molecule has 6 aromatic rings. The summed E-state index contributed by atoms with van der Waals surface area (Å²) in [5, 5.41) is 22.0. The van der Waals surface area contributed by atoms with Crippen LogP contribution < -0.4 is 30.6 Å². The van der Waals surface area contributed by atoms with Crippen LogP contribution in [0.3, 0.4) is 0 Å². The number of hydrogen-bond donors (Lipinski definition) is 3. The lowest BCUT2D eigenvalue weighted by atomic mass is 9.91. The van der Waals surface area contributed by atoms with Gasteiger partial charge in [-0.05, 0) is 68.5 Å². The standard InChI is InChI=1S/C50H58ClN9O9S/c1-7-35(61)26-68-43-21-33-19-34(10-11-39(33)58(6)48(43)64)55-46-38(51)24-53-50(56-46)59-14-12-37(13-15-59)66-16-17-67-41-20-31(45-30(5)54-27-70-45)8-9-32(41)23-52-47(63)40-22-36(62)25-60(40)49(65)44(28(2)3)42-18-29(4)57-69-42/h8-11,18-21,24,27-28,36-37,40,44,62H,7,12-17,22-23,25-26H2,1-6H3,(H,52,63)(H,53,55,56)/t36-,40+,44?/m1/s1. The minimum atomic E-state index is -0.864. The van der Waals surface area contributed by atoms with Crippen molar-refractivity contribution in [2.45, 2.75) is 91.0 Å². The highest BCUT2D eigenvalue weighted by Gasteiger charge is 2.43. The largest absolute Gasteiger partial charge is 0.491 e. The Kier molecular flexibility index (Phi) is 15.8. The molecule has 0 spiro atoms. The van der Waals surface area contributed by atoms with Gasteiger partial charge in [0, 0.05) is 68.8 Å². The molecule has 20 heteroatoms. The number of halogens is 1. The summed E-state index contributed by atoms with van der Waals surface area (Å²) in [6.07, 6.45) is 2.60. The predicted octanol–water partition coefficient (Wildman–Crippen LogP) is 6.89. The van der Waals surface area contributed by atoms with Gasteiger partial charge in [-0.2, -0.15) is 4.98 Å². The van der Waals surface area contributed by atoms with Gasteiger partial charge in [-0.3, -0.25) is 19.2 Å². The fourth-order valence-electron chi connectivity index (χ4n) is 8.82. The number of aromatic nitrogens is 5. The maximum Gasteiger partial charge on any atom is 0.293 e. The molecule has 370 valence electrons. The lowest BCUT2D eigenvalue weighted by Gasteiger charge is -2.32. The van der Waals surface area contributed by atoms with E-state index >= 15 is 0 Å². The van der Waals surface area contributed by atoms with Crippen molar-refractivity contribution in [2.75, 3.05) is 49.7 Å². The van der Waals surface area contributed by atoms with Gasteiger partial charge in [0.1, 0.15) is 41.7 Å². The number of fused-ring (bicyclic) bond motifs is 1. The summed E-state index contributed by atoms with van der Waals surface area (Å²) in [6, 6.07) is 13.9. The number of nitrogens with zero attached hydrogens (tertiary/aromatic N) is 7. The van der Waals surface area contributed by atoms with Crippen LogP contribution in [0.15, 0.2) is 69.6 Å². The molecule has 6 heterocycles. The molecule has 8 rings (SSSR count). The Morgan fingerprint density at radius 2 is 1.81 bits per heavy atom. The Bertz CT molecular complexity index is 2910. The van der Waals surface area contributed by atoms with Crippen molar-refractivity contribution in [3.05, 3.63) is 98.3 Å². The number of amides is 2. The number of pyridine rings is 1. The number of carbonyl (C=O) groups is 3. The quantitative estimate of drug-likeness (QED) is 0.0704. The zero-order valence-corrected chi connectivity index (χ0v) is 41.6. The predicted molar refractivity (Wildman–Crippen MR) is 266 cm³/mol. The Hall–Kier alpha value is -6.41. The number of ether oxygens (including phenoxy) is 3. The van der Waals surface area contributed by atoms with E-state index in [9.17, 15) is 24.3 Å². The molecule has 2 fully saturated rings. The summed E-state index contributed by atoms with van der Waals surface area (Å²) in [5.41, 5.74) is 6.08. The van der Waals surface area contributed by atoms with Crippen molar-refractivity contribution in [1.29, 1.82) is 0 Å². The lowest BCUT2D eigenvalue weighted by molar-refractivity contribution is -0.141. The first-order chi connectivity index (χ1) is 33.7. The maximum atomic E-state index is 13.9. The zero-order valence-electron chi connectivity index (χ0n) is 40.1. The number of aliphatic hydroxyl groups excluding tert-OH is 1. The molecule has 2 amide bonds. The average molecular weight is 997 g/mol. The summed E-state index contributed by atoms with van der Waals surface area (Å²) < 4.78 is 25.2. The molecule has 2 aliphatic rings. The minimum absolute atomic E-state index is 0.0204. The molecule has 3 N–H and O–H groups in total. The number of thiazole rings is 1. The fraction of sp³-hybridized carbons (Fsp3) is 0.440. The van der Waals surface area contributed by atoms with Crippen LogP contribution in [0.4, 0.5) is 17.5 Å². The van der Waals surface area contributed by atoms with Crippen molar-refractivity contribution >= 4 is 68.9 Å². The first kappa shape index (κ1) is 50.0. The smallest absolute Gasteiger partial charge is 0.293 e. The molecule has 0 aliphatic carbocycles. The molecule has 1 unspecified atom stereocenters. The third-order valence-electron chi connectivity index (χ3n) is 12.7. The number of rotatable bonds is 19. The normalized spacial score (nSPS) is 16.8. The first-order valence-corrected chi connectivity index (χ1v) is 24.7. The SMILES string of the molecule is CCC(=O)COc1cc2cc(Nc3nc(N4CCC(OCCOc5cc(-c6scnc6C)ccc5CNC(=O)[C@@H]5C[C@@H](O)CN5C(=O)C(c5cc(C)no5)C(C)C)CC4)ncc3Cl)ccc2n(C)c1=O. The number of likely N-dealkylation sites (tertiary alicyclic amines) is 1. The Labute approximate surface area is 414 Å². The van der Waals surface area contributed by atoms with Gasteiger partial charge >= 0.3 is 0 Å². The molecule has 2 aliphatic heterocycles. The second-order valence-corrected chi connectivity index (χ2v) is 19.3. The van der Waals surface area contributed by atoms with E-state index < -0.39 is 18.1 Å². The van der Waals surface area contributed by atoms with Crippen molar-refractivity contribution in [1.82, 2.24) is 34.9 Å². The van der Waals surface area contributed by atoms with Gasteiger partial charge in [-0.1, -0.05) is 49.7 Å².